The van der Waals surface area contributed by atoms with Gasteiger partial charge in [0.2, 0.25) is 0 Å². The van der Waals surface area contributed by atoms with Gasteiger partial charge >= 0.3 is 0 Å². The first-order chi connectivity index (χ1) is 4.86. The van der Waals surface area contributed by atoms with Gasteiger partial charge < -0.3 is 10.7 Å². The van der Waals surface area contributed by atoms with E-state index in [9.17, 15) is 0 Å². The van der Waals surface area contributed by atoms with Crippen LogP contribution in [-0.2, 0) is 0 Å². The molecule has 2 rings (SSSR count). The average Bonchev–Trinajstić information content (AvgIpc) is 2.27. The fourth-order valence-electron chi connectivity index (χ4n) is 0.780. The van der Waals surface area contributed by atoms with Crippen molar-refractivity contribution in [3.8, 4) is 0 Å². The van der Waals surface area contributed by atoms with Crippen LogP contribution in [0.25, 0.3) is 11.2 Å². The maximum atomic E-state index is 5.36. The van der Waals surface area contributed by atoms with E-state index in [0.29, 0.717) is 11.6 Å². The van der Waals surface area contributed by atoms with Crippen molar-refractivity contribution >= 4 is 17.1 Å². The van der Waals surface area contributed by atoms with Crippen molar-refractivity contribution in [3.05, 3.63) is 12.5 Å². The Kier molecular flexibility index (Phi) is 0.858. The van der Waals surface area contributed by atoms with Gasteiger partial charge in [0.05, 0.1) is 6.20 Å². The SMILES string of the molecule is Nc1nc2ncncc2[nH]1. The highest BCUT2D eigenvalue weighted by molar-refractivity contribution is 5.71. The minimum Gasteiger partial charge on any atom is -0.369 e. The van der Waals surface area contributed by atoms with Gasteiger partial charge in [-0.2, -0.15) is 4.98 Å². The summed E-state index contributed by atoms with van der Waals surface area (Å²) >= 11 is 0. The highest BCUT2D eigenvalue weighted by Crippen LogP contribution is 2.05. The number of hydrogen-bond donors (Lipinski definition) is 2. The van der Waals surface area contributed by atoms with Crippen molar-refractivity contribution in [2.45, 2.75) is 0 Å². The highest BCUT2D eigenvalue weighted by Gasteiger charge is 1.97. The molecule has 0 amide bonds. The number of H-pyrrole nitrogens is 1. The van der Waals surface area contributed by atoms with Crippen LogP contribution in [0.4, 0.5) is 5.95 Å². The van der Waals surface area contributed by atoms with Crippen LogP contribution in [0.3, 0.4) is 0 Å². The summed E-state index contributed by atoms with van der Waals surface area (Å²) in [4.78, 5) is 14.3. The maximum Gasteiger partial charge on any atom is 0.200 e. The Hall–Kier alpha value is -1.65. The summed E-state index contributed by atoms with van der Waals surface area (Å²) in [5.74, 6) is 0.371. The first kappa shape index (κ1) is 5.16. The van der Waals surface area contributed by atoms with Gasteiger partial charge in [0.25, 0.3) is 0 Å². The van der Waals surface area contributed by atoms with Crippen molar-refractivity contribution in [3.63, 3.8) is 0 Å². The molecule has 5 heteroatoms. The third-order valence-corrected chi connectivity index (χ3v) is 1.18. The first-order valence-electron chi connectivity index (χ1n) is 2.77. The van der Waals surface area contributed by atoms with Crippen molar-refractivity contribution in [1.82, 2.24) is 19.9 Å². The lowest BCUT2D eigenvalue weighted by molar-refractivity contribution is 1.20. The Balaban J connectivity index is 2.88. The zero-order valence-corrected chi connectivity index (χ0v) is 5.07. The molecule has 0 aromatic carbocycles. The van der Waals surface area contributed by atoms with Crippen LogP contribution in [0.15, 0.2) is 12.5 Å². The zero-order valence-electron chi connectivity index (χ0n) is 5.07. The Morgan fingerprint density at radius 2 is 2.40 bits per heavy atom. The normalized spacial score (nSPS) is 10.4. The largest absolute Gasteiger partial charge is 0.369 e. The van der Waals surface area contributed by atoms with Crippen LogP contribution in [-0.4, -0.2) is 19.9 Å². The summed E-state index contributed by atoms with van der Waals surface area (Å²) in [5.41, 5.74) is 6.72. The molecule has 0 fully saturated rings. The fraction of sp³-hybridized carbons (Fsp3) is 0. The fourth-order valence-corrected chi connectivity index (χ4v) is 0.780. The third-order valence-electron chi connectivity index (χ3n) is 1.18. The molecule has 0 aliphatic heterocycles. The Morgan fingerprint density at radius 1 is 1.50 bits per heavy atom. The second-order valence-electron chi connectivity index (χ2n) is 1.88. The number of nitrogen functional groups attached to an aromatic ring is 1. The second-order valence-corrected chi connectivity index (χ2v) is 1.88. The van der Waals surface area contributed by atoms with E-state index in [1.807, 2.05) is 0 Å². The highest BCUT2D eigenvalue weighted by atomic mass is 15.1. The van der Waals surface area contributed by atoms with Gasteiger partial charge in [-0.3, -0.25) is 0 Å². The van der Waals surface area contributed by atoms with E-state index in [1.165, 1.54) is 6.33 Å². The smallest absolute Gasteiger partial charge is 0.200 e. The van der Waals surface area contributed by atoms with E-state index >= 15 is 0 Å². The summed E-state index contributed by atoms with van der Waals surface area (Å²) in [7, 11) is 0. The number of imidazole rings is 1. The van der Waals surface area contributed by atoms with Crippen LogP contribution in [0.2, 0.25) is 0 Å². The summed E-state index contributed by atoms with van der Waals surface area (Å²) in [5, 5.41) is 0. The lowest BCUT2D eigenvalue weighted by Gasteiger charge is -1.79. The summed E-state index contributed by atoms with van der Waals surface area (Å²) in [6.45, 7) is 0. The van der Waals surface area contributed by atoms with Crippen molar-refractivity contribution in [2.24, 2.45) is 0 Å². The minimum absolute atomic E-state index is 0.371. The van der Waals surface area contributed by atoms with Crippen LogP contribution >= 0.6 is 0 Å². The number of rotatable bonds is 0. The number of hydrogen-bond acceptors (Lipinski definition) is 4. The predicted molar refractivity (Wildman–Crippen MR) is 36.1 cm³/mol. The lowest BCUT2D eigenvalue weighted by atomic mass is 10.6. The van der Waals surface area contributed by atoms with E-state index in [1.54, 1.807) is 6.20 Å². The number of fused-ring (bicyclic) bond motifs is 1. The predicted octanol–water partition coefficient (Wildman–Crippen LogP) is -0.0649. The van der Waals surface area contributed by atoms with Crippen LogP contribution in [0, 0.1) is 0 Å². The monoisotopic (exact) mass is 135 g/mol. The average molecular weight is 135 g/mol. The molecule has 0 atom stereocenters. The summed E-state index contributed by atoms with van der Waals surface area (Å²) in [6, 6.07) is 0. The number of aromatic nitrogens is 4. The molecule has 2 aromatic heterocycles. The zero-order chi connectivity index (χ0) is 6.97. The minimum atomic E-state index is 0.371. The molecule has 0 saturated heterocycles. The topological polar surface area (TPSA) is 80.5 Å². The van der Waals surface area contributed by atoms with Gasteiger partial charge in [0, 0.05) is 0 Å². The van der Waals surface area contributed by atoms with E-state index in [4.69, 9.17) is 5.73 Å². The Bertz CT molecular complexity index is 319. The standard InChI is InChI=1S/C5H5N5/c6-5-9-3-1-7-2-8-4(3)10-5/h1-2H,(H3,6,7,8,9,10). The first-order valence-corrected chi connectivity index (χ1v) is 2.77. The number of nitrogens with one attached hydrogen (secondary N) is 1. The lowest BCUT2D eigenvalue weighted by Crippen LogP contribution is -1.84. The molecule has 0 unspecified atom stereocenters. The number of nitrogens with zero attached hydrogens (tertiary/aromatic N) is 3. The van der Waals surface area contributed by atoms with Crippen molar-refractivity contribution in [2.75, 3.05) is 5.73 Å². The second kappa shape index (κ2) is 1.66. The van der Waals surface area contributed by atoms with Gasteiger partial charge in [-0.1, -0.05) is 0 Å². The molecule has 0 saturated carbocycles. The molecule has 0 aliphatic rings. The van der Waals surface area contributed by atoms with Crippen molar-refractivity contribution in [1.29, 1.82) is 0 Å². The van der Waals surface area contributed by atoms with E-state index in [0.717, 1.165) is 5.52 Å². The quantitative estimate of drug-likeness (QED) is 0.530. The van der Waals surface area contributed by atoms with Crippen molar-refractivity contribution < 1.29 is 0 Å². The number of aromatic amines is 1. The molecule has 2 heterocycles. The van der Waals surface area contributed by atoms with Crippen LogP contribution in [0.1, 0.15) is 0 Å². The summed E-state index contributed by atoms with van der Waals surface area (Å²) < 4.78 is 0. The van der Waals surface area contributed by atoms with Gasteiger partial charge in [0.1, 0.15) is 11.8 Å². The van der Waals surface area contributed by atoms with E-state index in [-0.39, 0.29) is 0 Å². The Morgan fingerprint density at radius 3 is 3.20 bits per heavy atom. The number of nitrogens with two attached hydrogens (primary N) is 1. The van der Waals surface area contributed by atoms with Gasteiger partial charge in [-0.05, 0) is 0 Å². The van der Waals surface area contributed by atoms with E-state index < -0.39 is 0 Å². The molecule has 10 heavy (non-hydrogen) atoms. The maximum absolute atomic E-state index is 5.36. The van der Waals surface area contributed by atoms with Gasteiger partial charge in [-0.15, -0.1) is 0 Å². The molecule has 0 bridgehead atoms. The number of anilines is 1. The summed E-state index contributed by atoms with van der Waals surface area (Å²) in [6.07, 6.45) is 3.06. The molecule has 0 spiro atoms. The molecular weight excluding hydrogens is 130 g/mol. The third kappa shape index (κ3) is 0.604. The van der Waals surface area contributed by atoms with Crippen LogP contribution in [0.5, 0.6) is 0 Å². The van der Waals surface area contributed by atoms with Crippen LogP contribution < -0.4 is 5.73 Å². The molecule has 0 radical (unpaired) electrons. The Labute approximate surface area is 56.3 Å². The molecular formula is C5H5N5. The van der Waals surface area contributed by atoms with E-state index in [2.05, 4.69) is 19.9 Å². The molecule has 3 N–H and O–H groups in total. The molecule has 5 nitrogen and oxygen atoms in total. The van der Waals surface area contributed by atoms with Gasteiger partial charge in [0.15, 0.2) is 11.6 Å². The van der Waals surface area contributed by atoms with Gasteiger partial charge in [-0.25, -0.2) is 9.97 Å². The molecule has 2 aromatic rings. The molecule has 50 valence electrons. The molecule has 0 aliphatic carbocycles.